The monoisotopic (exact) mass is 244 g/mol. The lowest BCUT2D eigenvalue weighted by Gasteiger charge is -2.30. The summed E-state index contributed by atoms with van der Waals surface area (Å²) >= 11 is 0. The molecule has 1 aliphatic heterocycles. The van der Waals surface area contributed by atoms with Gasteiger partial charge >= 0.3 is 0 Å². The van der Waals surface area contributed by atoms with Gasteiger partial charge in [0.25, 0.3) is 0 Å². The molecule has 1 aromatic heterocycles. The number of fused-ring (bicyclic) bond motifs is 2. The van der Waals surface area contributed by atoms with Crippen LogP contribution in [0.1, 0.15) is 36.1 Å². The first-order valence-corrected chi connectivity index (χ1v) is 6.65. The van der Waals surface area contributed by atoms with Gasteiger partial charge in [-0.2, -0.15) is 0 Å². The molecule has 0 radical (unpaired) electrons. The predicted molar refractivity (Wildman–Crippen MR) is 73.2 cm³/mol. The molecule has 0 aromatic carbocycles. The molecule has 2 unspecified atom stereocenters. The van der Waals surface area contributed by atoms with Crippen molar-refractivity contribution in [2.24, 2.45) is 11.7 Å². The number of hydrogen-bond donors (Lipinski definition) is 2. The zero-order chi connectivity index (χ0) is 12.9. The number of rotatable bonds is 2. The van der Waals surface area contributed by atoms with Crippen molar-refractivity contribution in [2.45, 2.75) is 39.2 Å². The molecule has 18 heavy (non-hydrogen) atoms. The largest absolute Gasteiger partial charge is 0.384 e. The van der Waals surface area contributed by atoms with Crippen molar-refractivity contribution in [3.63, 3.8) is 0 Å². The number of anilines is 1. The van der Waals surface area contributed by atoms with E-state index in [4.69, 9.17) is 11.1 Å². The number of pyridine rings is 1. The van der Waals surface area contributed by atoms with Crippen LogP contribution in [0.25, 0.3) is 0 Å². The molecule has 0 spiro atoms. The first-order chi connectivity index (χ1) is 8.56. The summed E-state index contributed by atoms with van der Waals surface area (Å²) in [6.45, 7) is 5.11. The Morgan fingerprint density at radius 2 is 2.22 bits per heavy atom. The zero-order valence-electron chi connectivity index (χ0n) is 11.0. The number of piperidine rings is 1. The second-order valence-electron chi connectivity index (χ2n) is 5.68. The standard InChI is InChI=1S/C14H20N4/c1-8-5-9(2)17-14(12(8)13(15)16)18-7-10-3-4-11(18)6-10/h5,10-11H,3-4,6-7H2,1-2H3,(H3,15,16). The number of nitrogens with one attached hydrogen (secondary N) is 1. The van der Waals surface area contributed by atoms with Gasteiger partial charge < -0.3 is 10.6 Å². The van der Waals surface area contributed by atoms with Crippen LogP contribution in [0.4, 0.5) is 5.82 Å². The maximum Gasteiger partial charge on any atom is 0.140 e. The summed E-state index contributed by atoms with van der Waals surface area (Å²) in [7, 11) is 0. The van der Waals surface area contributed by atoms with Gasteiger partial charge in [0.1, 0.15) is 11.7 Å². The molecule has 2 bridgehead atoms. The van der Waals surface area contributed by atoms with Gasteiger partial charge in [0.05, 0.1) is 5.56 Å². The highest BCUT2D eigenvalue weighted by atomic mass is 15.2. The smallest absolute Gasteiger partial charge is 0.140 e. The highest BCUT2D eigenvalue weighted by Crippen LogP contribution is 2.40. The summed E-state index contributed by atoms with van der Waals surface area (Å²) in [5.41, 5.74) is 8.65. The van der Waals surface area contributed by atoms with Crippen molar-refractivity contribution in [3.8, 4) is 0 Å². The molecule has 2 heterocycles. The summed E-state index contributed by atoms with van der Waals surface area (Å²) < 4.78 is 0. The van der Waals surface area contributed by atoms with E-state index in [1.54, 1.807) is 0 Å². The molecule has 0 amide bonds. The molecule has 1 aromatic rings. The fourth-order valence-electron chi connectivity index (χ4n) is 3.54. The van der Waals surface area contributed by atoms with Crippen LogP contribution in [0.15, 0.2) is 6.07 Å². The van der Waals surface area contributed by atoms with E-state index in [0.29, 0.717) is 6.04 Å². The normalized spacial score (nSPS) is 25.8. The van der Waals surface area contributed by atoms with Crippen molar-refractivity contribution in [2.75, 3.05) is 11.4 Å². The molecule has 3 rings (SSSR count). The van der Waals surface area contributed by atoms with Crippen molar-refractivity contribution >= 4 is 11.7 Å². The molecular formula is C14H20N4. The Labute approximate surface area is 108 Å². The maximum atomic E-state index is 7.80. The number of nitrogens with two attached hydrogens (primary N) is 1. The van der Waals surface area contributed by atoms with Crippen LogP contribution in [0.5, 0.6) is 0 Å². The van der Waals surface area contributed by atoms with E-state index in [0.717, 1.165) is 35.1 Å². The topological polar surface area (TPSA) is 66.0 Å². The van der Waals surface area contributed by atoms with E-state index in [1.807, 2.05) is 19.9 Å². The number of nitrogens with zero attached hydrogens (tertiary/aromatic N) is 2. The maximum absolute atomic E-state index is 7.80. The summed E-state index contributed by atoms with van der Waals surface area (Å²) in [6, 6.07) is 2.62. The van der Waals surface area contributed by atoms with Gasteiger partial charge in [0.2, 0.25) is 0 Å². The van der Waals surface area contributed by atoms with E-state index in [1.165, 1.54) is 19.3 Å². The molecule has 1 saturated carbocycles. The van der Waals surface area contributed by atoms with Gasteiger partial charge in [-0.05, 0) is 50.7 Å². The van der Waals surface area contributed by atoms with Crippen LogP contribution < -0.4 is 10.6 Å². The van der Waals surface area contributed by atoms with Crippen molar-refractivity contribution < 1.29 is 0 Å². The van der Waals surface area contributed by atoms with Crippen LogP contribution in [0, 0.1) is 25.2 Å². The van der Waals surface area contributed by atoms with Gasteiger partial charge in [-0.15, -0.1) is 0 Å². The Morgan fingerprint density at radius 3 is 2.78 bits per heavy atom. The molecule has 1 aliphatic carbocycles. The number of hydrogen-bond acceptors (Lipinski definition) is 3. The molecule has 3 N–H and O–H groups in total. The lowest BCUT2D eigenvalue weighted by Crippen LogP contribution is -2.35. The molecular weight excluding hydrogens is 224 g/mol. The van der Waals surface area contributed by atoms with Crippen molar-refractivity contribution in [1.29, 1.82) is 5.41 Å². The zero-order valence-corrected chi connectivity index (χ0v) is 11.0. The third kappa shape index (κ3) is 1.67. The molecule has 4 nitrogen and oxygen atoms in total. The highest BCUT2D eigenvalue weighted by Gasteiger charge is 2.39. The van der Waals surface area contributed by atoms with Crippen LogP contribution in [-0.2, 0) is 0 Å². The van der Waals surface area contributed by atoms with Gasteiger partial charge in [-0.1, -0.05) is 0 Å². The van der Waals surface area contributed by atoms with Gasteiger partial charge in [0, 0.05) is 18.3 Å². The van der Waals surface area contributed by atoms with Gasteiger partial charge in [0.15, 0.2) is 0 Å². The molecule has 96 valence electrons. The number of aromatic nitrogens is 1. The Kier molecular flexibility index (Phi) is 2.54. The third-order valence-electron chi connectivity index (χ3n) is 4.28. The lowest BCUT2D eigenvalue weighted by atomic mass is 10.1. The summed E-state index contributed by atoms with van der Waals surface area (Å²) in [5.74, 6) is 1.89. The van der Waals surface area contributed by atoms with Crippen molar-refractivity contribution in [1.82, 2.24) is 4.98 Å². The van der Waals surface area contributed by atoms with Gasteiger partial charge in [-0.25, -0.2) is 4.98 Å². The summed E-state index contributed by atoms with van der Waals surface area (Å²) in [4.78, 5) is 7.04. The van der Waals surface area contributed by atoms with Crippen LogP contribution in [0.3, 0.4) is 0 Å². The fourth-order valence-corrected chi connectivity index (χ4v) is 3.54. The van der Waals surface area contributed by atoms with E-state index in [2.05, 4.69) is 9.88 Å². The molecule has 2 aliphatic rings. The Hall–Kier alpha value is -1.58. The Balaban J connectivity index is 2.08. The molecule has 2 atom stereocenters. The Morgan fingerprint density at radius 1 is 1.44 bits per heavy atom. The second kappa shape index (κ2) is 3.97. The fraction of sp³-hybridized carbons (Fsp3) is 0.571. The Bertz CT molecular complexity index is 509. The van der Waals surface area contributed by atoms with Crippen LogP contribution in [0.2, 0.25) is 0 Å². The van der Waals surface area contributed by atoms with E-state index < -0.39 is 0 Å². The second-order valence-corrected chi connectivity index (χ2v) is 5.68. The molecule has 1 saturated heterocycles. The molecule has 2 fully saturated rings. The van der Waals surface area contributed by atoms with E-state index >= 15 is 0 Å². The highest BCUT2D eigenvalue weighted by molar-refractivity contribution is 6.01. The molecule has 4 heteroatoms. The van der Waals surface area contributed by atoms with Crippen molar-refractivity contribution in [3.05, 3.63) is 22.9 Å². The minimum atomic E-state index is 0.137. The van der Waals surface area contributed by atoms with Crippen LogP contribution in [-0.4, -0.2) is 23.4 Å². The van der Waals surface area contributed by atoms with Gasteiger partial charge in [-0.3, -0.25) is 5.41 Å². The summed E-state index contributed by atoms with van der Waals surface area (Å²) in [5, 5.41) is 7.80. The number of nitrogen functional groups attached to an aromatic ring is 1. The van der Waals surface area contributed by atoms with E-state index in [-0.39, 0.29) is 5.84 Å². The average Bonchev–Trinajstić information content (AvgIpc) is 2.88. The number of amidine groups is 1. The number of aryl methyl sites for hydroxylation is 2. The SMILES string of the molecule is Cc1cc(C)c(C(=N)N)c(N2CC3CCC2C3)n1. The predicted octanol–water partition coefficient (Wildman–Crippen LogP) is 1.97. The van der Waals surface area contributed by atoms with E-state index in [9.17, 15) is 0 Å². The average molecular weight is 244 g/mol. The minimum absolute atomic E-state index is 0.137. The third-order valence-corrected chi connectivity index (χ3v) is 4.28. The quantitative estimate of drug-likeness (QED) is 0.617. The van der Waals surface area contributed by atoms with Crippen LogP contribution >= 0.6 is 0 Å². The lowest BCUT2D eigenvalue weighted by molar-refractivity contribution is 0.550. The first kappa shape index (κ1) is 11.5. The minimum Gasteiger partial charge on any atom is -0.384 e. The summed E-state index contributed by atoms with van der Waals surface area (Å²) in [6.07, 6.45) is 3.89. The first-order valence-electron chi connectivity index (χ1n) is 6.65.